The molecule has 5 heteroatoms. The van der Waals surface area contributed by atoms with Gasteiger partial charge in [0.1, 0.15) is 0 Å². The van der Waals surface area contributed by atoms with Crippen molar-refractivity contribution in [3.8, 4) is 5.88 Å². The van der Waals surface area contributed by atoms with Gasteiger partial charge >= 0.3 is 0 Å². The Hall–Kier alpha value is -1.10. The Kier molecular flexibility index (Phi) is 4.73. The summed E-state index contributed by atoms with van der Waals surface area (Å²) in [5.74, 6) is 2.41. The summed E-state index contributed by atoms with van der Waals surface area (Å²) in [6, 6.07) is 3.98. The minimum absolute atomic E-state index is 0.386. The van der Waals surface area contributed by atoms with E-state index in [-0.39, 0.29) is 0 Å². The molecule has 4 nitrogen and oxygen atoms in total. The maximum atomic E-state index is 5.91. The highest BCUT2D eigenvalue weighted by Crippen LogP contribution is 2.24. The topological polar surface area (TPSA) is 51.4 Å². The molecule has 0 aliphatic heterocycles. The normalized spacial score (nSPS) is 12.2. The third-order valence-electron chi connectivity index (χ3n) is 2.49. The predicted molar refractivity (Wildman–Crippen MR) is 71.4 cm³/mol. The number of pyridine rings is 1. The Balaban J connectivity index is 2.92. The van der Waals surface area contributed by atoms with Crippen LogP contribution in [-0.4, -0.2) is 37.2 Å². The predicted octanol–water partition coefficient (Wildman–Crippen LogP) is 1.86. The van der Waals surface area contributed by atoms with Crippen molar-refractivity contribution in [2.24, 2.45) is 0 Å². The molecule has 90 valence electrons. The Morgan fingerprint density at radius 1 is 1.56 bits per heavy atom. The molecule has 1 heterocycles. The van der Waals surface area contributed by atoms with Gasteiger partial charge in [-0.05, 0) is 19.2 Å². The van der Waals surface area contributed by atoms with Crippen LogP contribution < -0.4 is 15.4 Å². The van der Waals surface area contributed by atoms with Crippen LogP contribution in [0.2, 0.25) is 0 Å². The summed E-state index contributed by atoms with van der Waals surface area (Å²) in [5, 5.41) is 0. The molecule has 1 unspecified atom stereocenters. The minimum Gasteiger partial charge on any atom is -0.481 e. The molecule has 1 rings (SSSR count). The smallest absolute Gasteiger partial charge is 0.215 e. The van der Waals surface area contributed by atoms with Crippen LogP contribution in [0.1, 0.15) is 6.92 Å². The van der Waals surface area contributed by atoms with E-state index < -0.39 is 0 Å². The second-order valence-electron chi connectivity index (χ2n) is 3.68. The average molecular weight is 241 g/mol. The molecule has 16 heavy (non-hydrogen) atoms. The van der Waals surface area contributed by atoms with E-state index in [2.05, 4.69) is 23.1 Å². The zero-order valence-electron chi connectivity index (χ0n) is 10.2. The molecule has 0 saturated heterocycles. The van der Waals surface area contributed by atoms with Gasteiger partial charge in [-0.1, -0.05) is 0 Å². The van der Waals surface area contributed by atoms with Crippen LogP contribution in [0, 0.1) is 0 Å². The van der Waals surface area contributed by atoms with Gasteiger partial charge in [0.15, 0.2) is 5.82 Å². The number of aromatic nitrogens is 1. The van der Waals surface area contributed by atoms with Gasteiger partial charge in [-0.25, -0.2) is 0 Å². The number of nitrogen functional groups attached to an aromatic ring is 1. The van der Waals surface area contributed by atoms with Crippen LogP contribution in [0.3, 0.4) is 0 Å². The monoisotopic (exact) mass is 241 g/mol. The van der Waals surface area contributed by atoms with Crippen molar-refractivity contribution in [1.82, 2.24) is 4.98 Å². The van der Waals surface area contributed by atoms with Crippen LogP contribution in [-0.2, 0) is 0 Å². The number of nitrogens with two attached hydrogens (primary N) is 1. The first kappa shape index (κ1) is 13.0. The van der Waals surface area contributed by atoms with Gasteiger partial charge in [-0.2, -0.15) is 16.7 Å². The molecule has 0 radical (unpaired) electrons. The first-order valence-corrected chi connectivity index (χ1v) is 6.51. The summed E-state index contributed by atoms with van der Waals surface area (Å²) in [5.41, 5.74) is 6.59. The lowest BCUT2D eigenvalue weighted by molar-refractivity contribution is 0.398. The van der Waals surface area contributed by atoms with Gasteiger partial charge in [0, 0.05) is 24.9 Å². The number of hydrogen-bond acceptors (Lipinski definition) is 5. The highest BCUT2D eigenvalue weighted by molar-refractivity contribution is 7.98. The molecular weight excluding hydrogens is 222 g/mol. The van der Waals surface area contributed by atoms with E-state index in [1.165, 1.54) is 0 Å². The van der Waals surface area contributed by atoms with Crippen molar-refractivity contribution in [2.45, 2.75) is 13.0 Å². The molecule has 1 aromatic heterocycles. The number of rotatable bonds is 5. The van der Waals surface area contributed by atoms with E-state index in [1.54, 1.807) is 13.2 Å². The standard InChI is InChI=1S/C11H19N3OS/c1-8(7-16-4)14(2)11-9(12)5-6-10(13-11)15-3/h5-6,8H,7,12H2,1-4H3. The fourth-order valence-electron chi connectivity index (χ4n) is 1.40. The van der Waals surface area contributed by atoms with Gasteiger partial charge in [-0.3, -0.25) is 0 Å². The average Bonchev–Trinajstić information content (AvgIpc) is 2.29. The summed E-state index contributed by atoms with van der Waals surface area (Å²) >= 11 is 1.81. The van der Waals surface area contributed by atoms with Gasteiger partial charge in [0.2, 0.25) is 5.88 Å². The van der Waals surface area contributed by atoms with Crippen molar-refractivity contribution < 1.29 is 4.74 Å². The molecular formula is C11H19N3OS. The number of ether oxygens (including phenoxy) is 1. The van der Waals surface area contributed by atoms with Crippen molar-refractivity contribution in [2.75, 3.05) is 36.8 Å². The minimum atomic E-state index is 0.386. The van der Waals surface area contributed by atoms with Crippen LogP contribution in [0.25, 0.3) is 0 Å². The lowest BCUT2D eigenvalue weighted by Gasteiger charge is -2.26. The van der Waals surface area contributed by atoms with E-state index in [0.29, 0.717) is 17.6 Å². The van der Waals surface area contributed by atoms with E-state index in [9.17, 15) is 0 Å². The summed E-state index contributed by atoms with van der Waals surface area (Å²) in [7, 11) is 3.60. The Morgan fingerprint density at radius 3 is 2.81 bits per heavy atom. The van der Waals surface area contributed by atoms with Crippen LogP contribution in [0.4, 0.5) is 11.5 Å². The zero-order valence-corrected chi connectivity index (χ0v) is 11.0. The van der Waals surface area contributed by atoms with Gasteiger partial charge < -0.3 is 15.4 Å². The number of anilines is 2. The maximum Gasteiger partial charge on any atom is 0.215 e. The Bertz CT molecular complexity index is 346. The van der Waals surface area contributed by atoms with Gasteiger partial charge in [0.25, 0.3) is 0 Å². The molecule has 2 N–H and O–H groups in total. The Labute approximate surface area is 101 Å². The Morgan fingerprint density at radius 2 is 2.25 bits per heavy atom. The van der Waals surface area contributed by atoms with Crippen LogP contribution in [0.5, 0.6) is 5.88 Å². The lowest BCUT2D eigenvalue weighted by Crippen LogP contribution is -2.32. The van der Waals surface area contributed by atoms with Crippen molar-refractivity contribution >= 4 is 23.3 Å². The molecule has 1 aromatic rings. The summed E-state index contributed by atoms with van der Waals surface area (Å²) < 4.78 is 5.10. The van der Waals surface area contributed by atoms with Crippen molar-refractivity contribution in [3.63, 3.8) is 0 Å². The molecule has 0 spiro atoms. The zero-order chi connectivity index (χ0) is 12.1. The SMILES string of the molecule is COc1ccc(N)c(N(C)C(C)CSC)n1. The van der Waals surface area contributed by atoms with E-state index in [0.717, 1.165) is 11.6 Å². The second-order valence-corrected chi connectivity index (χ2v) is 4.59. The fourth-order valence-corrected chi connectivity index (χ4v) is 2.11. The lowest BCUT2D eigenvalue weighted by atomic mass is 10.3. The van der Waals surface area contributed by atoms with Gasteiger partial charge in [-0.15, -0.1) is 0 Å². The third-order valence-corrected chi connectivity index (χ3v) is 3.31. The molecule has 0 amide bonds. The summed E-state index contributed by atoms with van der Waals surface area (Å²) in [6.45, 7) is 2.15. The largest absolute Gasteiger partial charge is 0.481 e. The molecule has 0 aliphatic carbocycles. The molecule has 1 atom stereocenters. The number of methoxy groups -OCH3 is 1. The van der Waals surface area contributed by atoms with Crippen molar-refractivity contribution in [1.29, 1.82) is 0 Å². The maximum absolute atomic E-state index is 5.91. The summed E-state index contributed by atoms with van der Waals surface area (Å²) in [6.07, 6.45) is 2.09. The van der Waals surface area contributed by atoms with E-state index in [4.69, 9.17) is 10.5 Å². The molecule has 0 saturated carbocycles. The van der Waals surface area contributed by atoms with E-state index in [1.807, 2.05) is 24.9 Å². The first-order chi connectivity index (χ1) is 7.60. The number of hydrogen-bond donors (Lipinski definition) is 1. The van der Waals surface area contributed by atoms with Crippen LogP contribution in [0.15, 0.2) is 12.1 Å². The molecule has 0 aromatic carbocycles. The number of thioether (sulfide) groups is 1. The molecule has 0 bridgehead atoms. The third kappa shape index (κ3) is 2.95. The van der Waals surface area contributed by atoms with E-state index >= 15 is 0 Å². The summed E-state index contributed by atoms with van der Waals surface area (Å²) in [4.78, 5) is 6.44. The van der Waals surface area contributed by atoms with Crippen molar-refractivity contribution in [3.05, 3.63) is 12.1 Å². The highest BCUT2D eigenvalue weighted by atomic mass is 32.2. The molecule has 0 fully saturated rings. The second kappa shape index (κ2) is 5.84. The fraction of sp³-hybridized carbons (Fsp3) is 0.545. The quantitative estimate of drug-likeness (QED) is 0.852. The first-order valence-electron chi connectivity index (χ1n) is 5.12. The van der Waals surface area contributed by atoms with Crippen LogP contribution >= 0.6 is 11.8 Å². The number of nitrogens with zero attached hydrogens (tertiary/aromatic N) is 2. The molecule has 0 aliphatic rings. The highest BCUT2D eigenvalue weighted by Gasteiger charge is 2.14. The van der Waals surface area contributed by atoms with Gasteiger partial charge in [0.05, 0.1) is 12.8 Å².